The molecule has 4 heteroatoms. The largest absolute Gasteiger partial charge is 0.328 e. The second-order valence-corrected chi connectivity index (χ2v) is 4.78. The first-order valence-electron chi connectivity index (χ1n) is 5.85. The molecule has 1 aliphatic heterocycles. The van der Waals surface area contributed by atoms with Crippen molar-refractivity contribution in [2.45, 2.75) is 45.6 Å². The van der Waals surface area contributed by atoms with Gasteiger partial charge in [-0.05, 0) is 18.8 Å². The van der Waals surface area contributed by atoms with Gasteiger partial charge < -0.3 is 10.3 Å². The first kappa shape index (κ1) is 10.6. The smallest absolute Gasteiger partial charge is 0.133 e. The number of nitrogens with zero attached hydrogens (tertiary/aromatic N) is 3. The summed E-state index contributed by atoms with van der Waals surface area (Å²) in [5.74, 6) is 2.88. The lowest BCUT2D eigenvalue weighted by Crippen LogP contribution is -2.26. The summed E-state index contributed by atoms with van der Waals surface area (Å²) in [5, 5.41) is 8.56. The predicted molar refractivity (Wildman–Crippen MR) is 59.6 cm³/mol. The normalized spacial score (nSPS) is 20.7. The maximum absolute atomic E-state index is 5.80. The van der Waals surface area contributed by atoms with Crippen molar-refractivity contribution in [2.24, 2.45) is 11.7 Å². The number of hydrogen-bond acceptors (Lipinski definition) is 3. The van der Waals surface area contributed by atoms with Crippen LogP contribution >= 0.6 is 0 Å². The van der Waals surface area contributed by atoms with Crippen LogP contribution in [0, 0.1) is 5.92 Å². The molecule has 0 saturated heterocycles. The van der Waals surface area contributed by atoms with Crippen molar-refractivity contribution in [3.63, 3.8) is 0 Å². The van der Waals surface area contributed by atoms with Crippen molar-refractivity contribution in [3.05, 3.63) is 11.6 Å². The molecule has 1 aromatic rings. The number of nitrogens with two attached hydrogens (primary N) is 1. The topological polar surface area (TPSA) is 56.7 Å². The lowest BCUT2D eigenvalue weighted by molar-refractivity contribution is 0.388. The van der Waals surface area contributed by atoms with E-state index in [0.29, 0.717) is 18.5 Å². The number of fused-ring (bicyclic) bond motifs is 1. The van der Waals surface area contributed by atoms with Crippen LogP contribution in [0.1, 0.15) is 44.4 Å². The molecule has 84 valence electrons. The molecule has 2 rings (SSSR count). The van der Waals surface area contributed by atoms with Gasteiger partial charge in [0.25, 0.3) is 0 Å². The molecule has 1 aliphatic rings. The van der Waals surface area contributed by atoms with Crippen LogP contribution in [0.25, 0.3) is 0 Å². The highest BCUT2D eigenvalue weighted by Gasteiger charge is 2.23. The molecule has 4 nitrogen and oxygen atoms in total. The van der Waals surface area contributed by atoms with E-state index < -0.39 is 0 Å². The monoisotopic (exact) mass is 208 g/mol. The molecule has 0 amide bonds. The third kappa shape index (κ3) is 2.04. The second-order valence-electron chi connectivity index (χ2n) is 4.78. The van der Waals surface area contributed by atoms with Crippen molar-refractivity contribution >= 4 is 0 Å². The maximum atomic E-state index is 5.80. The SMILES string of the molecule is CC(C)Cc1nnc2n1C(CN)CCC2. The van der Waals surface area contributed by atoms with Gasteiger partial charge in [-0.1, -0.05) is 13.8 Å². The van der Waals surface area contributed by atoms with E-state index in [-0.39, 0.29) is 0 Å². The van der Waals surface area contributed by atoms with E-state index in [1.807, 2.05) is 0 Å². The Morgan fingerprint density at radius 2 is 2.27 bits per heavy atom. The Morgan fingerprint density at radius 3 is 2.93 bits per heavy atom. The lowest BCUT2D eigenvalue weighted by atomic mass is 10.0. The summed E-state index contributed by atoms with van der Waals surface area (Å²) in [5.41, 5.74) is 5.80. The Balaban J connectivity index is 2.29. The zero-order valence-electron chi connectivity index (χ0n) is 9.61. The third-order valence-electron chi connectivity index (χ3n) is 3.00. The Hall–Kier alpha value is -0.900. The zero-order chi connectivity index (χ0) is 10.8. The number of aryl methyl sites for hydroxylation is 1. The Bertz CT molecular complexity index is 329. The molecule has 0 fully saturated rings. The average molecular weight is 208 g/mol. The number of hydrogen-bond donors (Lipinski definition) is 1. The Morgan fingerprint density at radius 1 is 1.47 bits per heavy atom. The number of rotatable bonds is 3. The molecule has 0 saturated carbocycles. The van der Waals surface area contributed by atoms with Crippen LogP contribution in [0.4, 0.5) is 0 Å². The summed E-state index contributed by atoms with van der Waals surface area (Å²) in [6, 6.07) is 0.428. The van der Waals surface area contributed by atoms with Crippen LogP contribution in [0.3, 0.4) is 0 Å². The molecule has 0 aromatic carbocycles. The van der Waals surface area contributed by atoms with Gasteiger partial charge >= 0.3 is 0 Å². The number of aromatic nitrogens is 3. The van der Waals surface area contributed by atoms with Crippen molar-refractivity contribution in [2.75, 3.05) is 6.54 Å². The summed E-state index contributed by atoms with van der Waals surface area (Å²) in [4.78, 5) is 0. The van der Waals surface area contributed by atoms with E-state index in [0.717, 1.165) is 24.5 Å². The summed E-state index contributed by atoms with van der Waals surface area (Å²) in [7, 11) is 0. The molecule has 2 heterocycles. The predicted octanol–water partition coefficient (Wildman–Crippen LogP) is 1.31. The minimum atomic E-state index is 0.428. The van der Waals surface area contributed by atoms with Crippen LogP contribution < -0.4 is 5.73 Å². The van der Waals surface area contributed by atoms with Crippen molar-refractivity contribution in [1.82, 2.24) is 14.8 Å². The van der Waals surface area contributed by atoms with Gasteiger partial charge in [0.05, 0.1) is 0 Å². The molecule has 15 heavy (non-hydrogen) atoms. The molecule has 1 atom stereocenters. The van der Waals surface area contributed by atoms with Crippen LogP contribution in [0.5, 0.6) is 0 Å². The Labute approximate surface area is 90.9 Å². The molecule has 0 spiro atoms. The van der Waals surface area contributed by atoms with Gasteiger partial charge in [0, 0.05) is 25.4 Å². The fraction of sp³-hybridized carbons (Fsp3) is 0.818. The first-order chi connectivity index (χ1) is 7.22. The van der Waals surface area contributed by atoms with Crippen molar-refractivity contribution < 1.29 is 0 Å². The molecule has 1 unspecified atom stereocenters. The van der Waals surface area contributed by atoms with Gasteiger partial charge in [0.2, 0.25) is 0 Å². The van der Waals surface area contributed by atoms with Gasteiger partial charge in [-0.2, -0.15) is 0 Å². The molecule has 0 radical (unpaired) electrons. The molecule has 0 bridgehead atoms. The summed E-state index contributed by atoms with van der Waals surface area (Å²) in [6.07, 6.45) is 4.43. The molecular weight excluding hydrogens is 188 g/mol. The highest BCUT2D eigenvalue weighted by molar-refractivity contribution is 5.03. The first-order valence-corrected chi connectivity index (χ1v) is 5.85. The highest BCUT2D eigenvalue weighted by Crippen LogP contribution is 2.25. The zero-order valence-corrected chi connectivity index (χ0v) is 9.61. The van der Waals surface area contributed by atoms with Gasteiger partial charge in [-0.15, -0.1) is 10.2 Å². The van der Waals surface area contributed by atoms with Crippen LogP contribution in [-0.4, -0.2) is 21.3 Å². The molecule has 1 aromatic heterocycles. The average Bonchev–Trinajstić information content (AvgIpc) is 2.61. The lowest BCUT2D eigenvalue weighted by Gasteiger charge is -2.25. The van der Waals surface area contributed by atoms with Crippen molar-refractivity contribution in [1.29, 1.82) is 0 Å². The molecular formula is C11H20N4. The summed E-state index contributed by atoms with van der Waals surface area (Å²) >= 11 is 0. The van der Waals surface area contributed by atoms with Gasteiger partial charge in [-0.25, -0.2) is 0 Å². The minimum Gasteiger partial charge on any atom is -0.328 e. The highest BCUT2D eigenvalue weighted by atomic mass is 15.3. The Kier molecular flexibility index (Phi) is 3.05. The van der Waals surface area contributed by atoms with Crippen LogP contribution in [-0.2, 0) is 12.8 Å². The van der Waals surface area contributed by atoms with Crippen LogP contribution in [0.2, 0.25) is 0 Å². The third-order valence-corrected chi connectivity index (χ3v) is 3.00. The van der Waals surface area contributed by atoms with Crippen molar-refractivity contribution in [3.8, 4) is 0 Å². The van der Waals surface area contributed by atoms with Gasteiger partial charge in [0.15, 0.2) is 0 Å². The maximum Gasteiger partial charge on any atom is 0.133 e. The molecule has 2 N–H and O–H groups in total. The summed E-state index contributed by atoms with van der Waals surface area (Å²) < 4.78 is 2.28. The van der Waals surface area contributed by atoms with Crippen LogP contribution in [0.15, 0.2) is 0 Å². The van der Waals surface area contributed by atoms with Gasteiger partial charge in [-0.3, -0.25) is 0 Å². The fourth-order valence-electron chi connectivity index (χ4n) is 2.31. The standard InChI is InChI=1S/C11H20N4/c1-8(2)6-11-14-13-10-5-3-4-9(7-12)15(10)11/h8-9H,3-7,12H2,1-2H3. The van der Waals surface area contributed by atoms with E-state index in [1.54, 1.807) is 0 Å². The van der Waals surface area contributed by atoms with E-state index in [9.17, 15) is 0 Å². The fourth-order valence-corrected chi connectivity index (χ4v) is 2.31. The van der Waals surface area contributed by atoms with E-state index in [1.165, 1.54) is 12.8 Å². The minimum absolute atomic E-state index is 0.428. The van der Waals surface area contributed by atoms with E-state index in [2.05, 4.69) is 28.6 Å². The van der Waals surface area contributed by atoms with Gasteiger partial charge in [0.1, 0.15) is 11.6 Å². The van der Waals surface area contributed by atoms with E-state index in [4.69, 9.17) is 5.73 Å². The second kappa shape index (κ2) is 4.31. The quantitative estimate of drug-likeness (QED) is 0.815. The van der Waals surface area contributed by atoms with E-state index >= 15 is 0 Å². The molecule has 0 aliphatic carbocycles. The summed E-state index contributed by atoms with van der Waals surface area (Å²) in [6.45, 7) is 5.12.